The summed E-state index contributed by atoms with van der Waals surface area (Å²) in [6.07, 6.45) is 2.95. The summed E-state index contributed by atoms with van der Waals surface area (Å²) in [7, 11) is 0. The third-order valence-electron chi connectivity index (χ3n) is 3.05. The van der Waals surface area contributed by atoms with Crippen LogP contribution in [-0.4, -0.2) is 18.1 Å². The summed E-state index contributed by atoms with van der Waals surface area (Å²) in [6.45, 7) is 4.32. The molecule has 0 heterocycles. The van der Waals surface area contributed by atoms with Gasteiger partial charge in [-0.15, -0.1) is 0 Å². The third-order valence-corrected chi connectivity index (χ3v) is 4.25. The predicted molar refractivity (Wildman–Crippen MR) is 72.9 cm³/mol. The van der Waals surface area contributed by atoms with Crippen molar-refractivity contribution in [3.05, 3.63) is 35.4 Å². The molecule has 1 aliphatic carbocycles. The van der Waals surface area contributed by atoms with Crippen LogP contribution in [0.25, 0.3) is 0 Å². The van der Waals surface area contributed by atoms with Gasteiger partial charge in [0.1, 0.15) is 0 Å². The van der Waals surface area contributed by atoms with Crippen molar-refractivity contribution in [1.29, 1.82) is 0 Å². The Hall–Kier alpha value is -0.470. The zero-order chi connectivity index (χ0) is 11.2. The van der Waals surface area contributed by atoms with E-state index >= 15 is 0 Å². The van der Waals surface area contributed by atoms with Gasteiger partial charge in [-0.3, -0.25) is 0 Å². The lowest BCUT2D eigenvalue weighted by Crippen LogP contribution is -2.17. The molecule has 1 nitrogen and oxygen atoms in total. The average molecular weight is 235 g/mol. The molecule has 0 spiro atoms. The van der Waals surface area contributed by atoms with E-state index in [1.165, 1.54) is 35.5 Å². The van der Waals surface area contributed by atoms with E-state index < -0.39 is 0 Å². The maximum absolute atomic E-state index is 3.52. The van der Waals surface area contributed by atoms with Gasteiger partial charge in [0.2, 0.25) is 0 Å². The molecule has 88 valence electrons. The minimum Gasteiger partial charge on any atom is -0.312 e. The molecule has 1 aromatic carbocycles. The molecule has 0 saturated heterocycles. The zero-order valence-electron chi connectivity index (χ0n) is 10.0. The smallest absolute Gasteiger partial charge is 0.0208 e. The number of hydrogen-bond acceptors (Lipinski definition) is 2. The molecule has 0 atom stereocenters. The SMILES string of the molecule is Cc1ccccc1CNCCSCC1CC1. The van der Waals surface area contributed by atoms with Crippen LogP contribution in [0.1, 0.15) is 24.0 Å². The molecule has 2 heteroatoms. The standard InChI is InChI=1S/C14H21NS/c1-12-4-2-3-5-14(12)10-15-8-9-16-11-13-6-7-13/h2-5,13,15H,6-11H2,1H3. The maximum atomic E-state index is 3.52. The molecule has 1 fully saturated rings. The van der Waals surface area contributed by atoms with Gasteiger partial charge < -0.3 is 5.32 Å². The highest BCUT2D eigenvalue weighted by atomic mass is 32.2. The molecule has 1 saturated carbocycles. The Morgan fingerprint density at radius 2 is 2.12 bits per heavy atom. The summed E-state index contributed by atoms with van der Waals surface area (Å²) >= 11 is 2.10. The molecule has 0 bridgehead atoms. The van der Waals surface area contributed by atoms with Gasteiger partial charge in [-0.1, -0.05) is 24.3 Å². The first kappa shape index (κ1) is 12.0. The lowest BCUT2D eigenvalue weighted by Gasteiger charge is -2.07. The Bertz CT molecular complexity index is 320. The van der Waals surface area contributed by atoms with Crippen molar-refractivity contribution in [1.82, 2.24) is 5.32 Å². The van der Waals surface area contributed by atoms with Crippen LogP contribution >= 0.6 is 11.8 Å². The lowest BCUT2D eigenvalue weighted by molar-refractivity contribution is 0.728. The first-order valence-electron chi connectivity index (χ1n) is 6.19. The fourth-order valence-corrected chi connectivity index (χ4v) is 2.83. The fourth-order valence-electron chi connectivity index (χ4n) is 1.71. The fraction of sp³-hybridized carbons (Fsp3) is 0.571. The van der Waals surface area contributed by atoms with Crippen molar-refractivity contribution in [2.75, 3.05) is 18.1 Å². The second-order valence-corrected chi connectivity index (χ2v) is 5.77. The van der Waals surface area contributed by atoms with Crippen LogP contribution in [0.15, 0.2) is 24.3 Å². The van der Waals surface area contributed by atoms with Crippen LogP contribution in [-0.2, 0) is 6.54 Å². The topological polar surface area (TPSA) is 12.0 Å². The van der Waals surface area contributed by atoms with Gasteiger partial charge in [-0.25, -0.2) is 0 Å². The van der Waals surface area contributed by atoms with Crippen molar-refractivity contribution in [2.45, 2.75) is 26.3 Å². The van der Waals surface area contributed by atoms with E-state index in [0.29, 0.717) is 0 Å². The lowest BCUT2D eigenvalue weighted by atomic mass is 10.1. The summed E-state index contributed by atoms with van der Waals surface area (Å²) in [5.41, 5.74) is 2.82. The van der Waals surface area contributed by atoms with Gasteiger partial charge >= 0.3 is 0 Å². The predicted octanol–water partition coefficient (Wildman–Crippen LogP) is 3.23. The molecule has 1 aromatic rings. The van der Waals surface area contributed by atoms with Gasteiger partial charge in [0.25, 0.3) is 0 Å². The second kappa shape index (κ2) is 6.31. The van der Waals surface area contributed by atoms with Crippen molar-refractivity contribution in [2.24, 2.45) is 5.92 Å². The van der Waals surface area contributed by atoms with Crippen LogP contribution in [0.4, 0.5) is 0 Å². The normalized spacial score (nSPS) is 15.3. The quantitative estimate of drug-likeness (QED) is 0.728. The van der Waals surface area contributed by atoms with Crippen molar-refractivity contribution < 1.29 is 0 Å². The summed E-state index contributed by atoms with van der Waals surface area (Å²) in [5, 5.41) is 3.52. The minimum absolute atomic E-state index is 1.01. The van der Waals surface area contributed by atoms with Gasteiger partial charge in [0.15, 0.2) is 0 Å². The van der Waals surface area contributed by atoms with Gasteiger partial charge in [-0.05, 0) is 42.6 Å². The summed E-state index contributed by atoms with van der Waals surface area (Å²) < 4.78 is 0. The summed E-state index contributed by atoms with van der Waals surface area (Å²) in [5.74, 6) is 3.69. The average Bonchev–Trinajstić information content (AvgIpc) is 3.09. The summed E-state index contributed by atoms with van der Waals surface area (Å²) in [6, 6.07) is 8.61. The number of rotatable bonds is 7. The molecule has 0 aliphatic heterocycles. The number of benzene rings is 1. The van der Waals surface area contributed by atoms with Gasteiger partial charge in [0.05, 0.1) is 0 Å². The molecule has 0 radical (unpaired) electrons. The number of aryl methyl sites for hydroxylation is 1. The van der Waals surface area contributed by atoms with E-state index in [-0.39, 0.29) is 0 Å². The van der Waals surface area contributed by atoms with Gasteiger partial charge in [0, 0.05) is 18.8 Å². The molecular weight excluding hydrogens is 214 g/mol. The van der Waals surface area contributed by atoms with Crippen molar-refractivity contribution >= 4 is 11.8 Å². The molecule has 2 rings (SSSR count). The zero-order valence-corrected chi connectivity index (χ0v) is 10.9. The van der Waals surface area contributed by atoms with E-state index in [2.05, 4.69) is 48.3 Å². The van der Waals surface area contributed by atoms with Crippen LogP contribution < -0.4 is 5.32 Å². The van der Waals surface area contributed by atoms with Gasteiger partial charge in [-0.2, -0.15) is 11.8 Å². The highest BCUT2D eigenvalue weighted by molar-refractivity contribution is 7.99. The number of hydrogen-bond donors (Lipinski definition) is 1. The molecular formula is C14H21NS. The van der Waals surface area contributed by atoms with E-state index in [9.17, 15) is 0 Å². The van der Waals surface area contributed by atoms with E-state index in [1.807, 2.05) is 0 Å². The first-order chi connectivity index (χ1) is 7.86. The Morgan fingerprint density at radius 1 is 1.31 bits per heavy atom. The molecule has 1 N–H and O–H groups in total. The molecule has 0 aromatic heterocycles. The Kier molecular flexibility index (Phi) is 4.73. The molecule has 0 unspecified atom stereocenters. The molecule has 16 heavy (non-hydrogen) atoms. The highest BCUT2D eigenvalue weighted by Gasteiger charge is 2.20. The van der Waals surface area contributed by atoms with E-state index in [1.54, 1.807) is 0 Å². The first-order valence-corrected chi connectivity index (χ1v) is 7.34. The Morgan fingerprint density at radius 3 is 2.88 bits per heavy atom. The van der Waals surface area contributed by atoms with E-state index in [0.717, 1.165) is 19.0 Å². The molecule has 0 amide bonds. The number of nitrogens with one attached hydrogen (secondary N) is 1. The van der Waals surface area contributed by atoms with Crippen LogP contribution in [0.2, 0.25) is 0 Å². The molecule has 1 aliphatic rings. The van der Waals surface area contributed by atoms with Crippen LogP contribution in [0.5, 0.6) is 0 Å². The number of thioether (sulfide) groups is 1. The largest absolute Gasteiger partial charge is 0.312 e. The van der Waals surface area contributed by atoms with Crippen molar-refractivity contribution in [3.8, 4) is 0 Å². The monoisotopic (exact) mass is 235 g/mol. The maximum Gasteiger partial charge on any atom is 0.0208 e. The van der Waals surface area contributed by atoms with Crippen LogP contribution in [0, 0.1) is 12.8 Å². The third kappa shape index (κ3) is 4.18. The highest BCUT2D eigenvalue weighted by Crippen LogP contribution is 2.32. The van der Waals surface area contributed by atoms with Crippen molar-refractivity contribution in [3.63, 3.8) is 0 Å². The van der Waals surface area contributed by atoms with Crippen LogP contribution in [0.3, 0.4) is 0 Å². The Balaban J connectivity index is 1.55. The summed E-state index contributed by atoms with van der Waals surface area (Å²) in [4.78, 5) is 0. The Labute approximate surface area is 103 Å². The second-order valence-electron chi connectivity index (χ2n) is 4.62. The van der Waals surface area contributed by atoms with E-state index in [4.69, 9.17) is 0 Å². The minimum atomic E-state index is 1.01.